The number of aliphatic hydroxyl groups is 1. The van der Waals surface area contributed by atoms with Crippen LogP contribution in [0, 0.1) is 12.3 Å². The summed E-state index contributed by atoms with van der Waals surface area (Å²) < 4.78 is 31.7. The van der Waals surface area contributed by atoms with Gasteiger partial charge in [-0.2, -0.15) is 13.2 Å². The minimum absolute atomic E-state index is 0.0550. The van der Waals surface area contributed by atoms with Crippen LogP contribution in [-0.4, -0.2) is 81.2 Å². The van der Waals surface area contributed by atoms with Gasteiger partial charge in [0.1, 0.15) is 12.1 Å². The number of carbonyl (C=O) groups is 4. The first-order chi connectivity index (χ1) is 22.9. The molecule has 4 atom stereocenters. The highest BCUT2D eigenvalue weighted by Gasteiger charge is 2.44. The molecule has 274 valence electrons. The minimum Gasteiger partial charge on any atom is -0.475 e. The van der Waals surface area contributed by atoms with Gasteiger partial charge in [-0.1, -0.05) is 70.7 Å². The van der Waals surface area contributed by atoms with E-state index >= 15 is 0 Å². The van der Waals surface area contributed by atoms with Crippen molar-refractivity contribution in [3.05, 3.63) is 41.0 Å². The Labute approximate surface area is 289 Å². The molecule has 1 aromatic heterocycles. The van der Waals surface area contributed by atoms with E-state index in [9.17, 15) is 32.7 Å². The van der Waals surface area contributed by atoms with Crippen molar-refractivity contribution in [3.63, 3.8) is 0 Å². The largest absolute Gasteiger partial charge is 0.490 e. The number of unbranched alkanes of at least 4 members (excludes halogenated alkanes) is 5. The molecule has 0 saturated carbocycles. The van der Waals surface area contributed by atoms with Crippen LogP contribution in [0.1, 0.15) is 96.4 Å². The number of hydrogen-bond donors (Lipinski definition) is 5. The van der Waals surface area contributed by atoms with E-state index in [-0.39, 0.29) is 36.7 Å². The molecule has 15 heteroatoms. The molecule has 1 aromatic carbocycles. The molecule has 1 saturated heterocycles. The van der Waals surface area contributed by atoms with Gasteiger partial charge < -0.3 is 31.5 Å². The minimum atomic E-state index is -5.08. The first-order valence-corrected chi connectivity index (χ1v) is 17.3. The van der Waals surface area contributed by atoms with Crippen LogP contribution in [0.3, 0.4) is 0 Å². The summed E-state index contributed by atoms with van der Waals surface area (Å²) >= 11 is 1.59. The fourth-order valence-electron chi connectivity index (χ4n) is 5.39. The molecular weight excluding hydrogens is 663 g/mol. The van der Waals surface area contributed by atoms with Crippen molar-refractivity contribution >= 4 is 35.0 Å². The van der Waals surface area contributed by atoms with Crippen molar-refractivity contribution in [2.24, 2.45) is 11.1 Å². The Balaban J connectivity index is 0.00000107. The van der Waals surface area contributed by atoms with E-state index in [0.29, 0.717) is 13.0 Å². The molecule has 4 unspecified atom stereocenters. The van der Waals surface area contributed by atoms with Gasteiger partial charge in [0.15, 0.2) is 0 Å². The molecule has 11 nitrogen and oxygen atoms in total. The second kappa shape index (κ2) is 19.0. The number of halogens is 3. The summed E-state index contributed by atoms with van der Waals surface area (Å²) in [4.78, 5) is 55.8. The molecule has 2 heterocycles. The molecule has 3 amide bonds. The van der Waals surface area contributed by atoms with E-state index in [2.05, 4.69) is 15.6 Å². The third-order valence-electron chi connectivity index (χ3n) is 8.16. The lowest BCUT2D eigenvalue weighted by atomic mass is 9.85. The number of nitrogens with two attached hydrogens (primary N) is 1. The zero-order valence-electron chi connectivity index (χ0n) is 28.8. The number of thiazole rings is 1. The third kappa shape index (κ3) is 13.3. The molecule has 3 rings (SSSR count). The van der Waals surface area contributed by atoms with Gasteiger partial charge in [0.2, 0.25) is 17.7 Å². The lowest BCUT2D eigenvalue weighted by Crippen LogP contribution is -2.57. The van der Waals surface area contributed by atoms with Crippen LogP contribution in [0.15, 0.2) is 29.8 Å². The summed E-state index contributed by atoms with van der Waals surface area (Å²) in [5.41, 5.74) is 9.78. The van der Waals surface area contributed by atoms with Crippen LogP contribution in [0.4, 0.5) is 13.2 Å². The topological polar surface area (TPSA) is 175 Å². The van der Waals surface area contributed by atoms with Crippen molar-refractivity contribution in [2.45, 2.75) is 116 Å². The smallest absolute Gasteiger partial charge is 0.475 e. The predicted molar refractivity (Wildman–Crippen MR) is 181 cm³/mol. The monoisotopic (exact) mass is 713 g/mol. The Morgan fingerprint density at radius 1 is 1.02 bits per heavy atom. The van der Waals surface area contributed by atoms with Gasteiger partial charge in [0.25, 0.3) is 0 Å². The number of nitrogens with zero attached hydrogens (tertiary/aromatic N) is 2. The summed E-state index contributed by atoms with van der Waals surface area (Å²) in [7, 11) is 0. The van der Waals surface area contributed by atoms with E-state index in [1.165, 1.54) is 4.90 Å². The maximum absolute atomic E-state index is 13.8. The number of aliphatic hydroxyl groups excluding tert-OH is 1. The lowest BCUT2D eigenvalue weighted by molar-refractivity contribution is -0.192. The van der Waals surface area contributed by atoms with E-state index in [4.69, 9.17) is 15.6 Å². The van der Waals surface area contributed by atoms with Gasteiger partial charge >= 0.3 is 12.1 Å². The molecule has 0 bridgehead atoms. The quantitative estimate of drug-likeness (QED) is 0.168. The Morgan fingerprint density at radius 3 is 2.10 bits per heavy atom. The number of rotatable bonds is 14. The fraction of sp³-hybridized carbons (Fsp3) is 0.618. The summed E-state index contributed by atoms with van der Waals surface area (Å²) in [5, 5.41) is 23.6. The van der Waals surface area contributed by atoms with Crippen LogP contribution in [0.25, 0.3) is 10.4 Å². The number of likely N-dealkylation sites (tertiary alicyclic amines) is 1. The van der Waals surface area contributed by atoms with Gasteiger partial charge in [-0.05, 0) is 49.8 Å². The molecule has 49 heavy (non-hydrogen) atoms. The van der Waals surface area contributed by atoms with Gasteiger partial charge in [0.05, 0.1) is 28.2 Å². The molecule has 0 radical (unpaired) electrons. The third-order valence-corrected chi connectivity index (χ3v) is 9.14. The number of carboxylic acids is 1. The molecule has 2 aromatic rings. The number of nitrogens with one attached hydrogen (secondary N) is 2. The molecule has 1 aliphatic heterocycles. The van der Waals surface area contributed by atoms with E-state index in [0.717, 1.165) is 60.2 Å². The fourth-order valence-corrected chi connectivity index (χ4v) is 6.20. The molecule has 6 N–H and O–H groups in total. The zero-order valence-corrected chi connectivity index (χ0v) is 29.6. The van der Waals surface area contributed by atoms with E-state index in [1.807, 2.05) is 64.4 Å². The first-order valence-electron chi connectivity index (χ1n) is 16.5. The second-order valence-electron chi connectivity index (χ2n) is 13.3. The number of carbonyl (C=O) groups excluding carboxylic acids is 3. The van der Waals surface area contributed by atoms with Gasteiger partial charge in [-0.25, -0.2) is 9.78 Å². The summed E-state index contributed by atoms with van der Waals surface area (Å²) in [6.07, 6.45) is 0.639. The van der Waals surface area contributed by atoms with Gasteiger partial charge in [-0.15, -0.1) is 11.3 Å². The number of amides is 3. The van der Waals surface area contributed by atoms with Crippen LogP contribution in [0.2, 0.25) is 0 Å². The average molecular weight is 714 g/mol. The number of hydrogen-bond acceptors (Lipinski definition) is 8. The van der Waals surface area contributed by atoms with Crippen LogP contribution < -0.4 is 16.4 Å². The van der Waals surface area contributed by atoms with Crippen LogP contribution in [-0.2, 0) is 19.2 Å². The Hall–Kier alpha value is -3.56. The summed E-state index contributed by atoms with van der Waals surface area (Å²) in [6, 6.07) is 6.09. The number of β-amino-alcohol motifs (C(OH)–C–C–N with tert-alkyl or cyclic N) is 1. The molecule has 1 aliphatic rings. The lowest BCUT2D eigenvalue weighted by Gasteiger charge is -2.35. The Morgan fingerprint density at radius 2 is 1.59 bits per heavy atom. The predicted octanol–water partition coefficient (Wildman–Crippen LogP) is 5.11. The van der Waals surface area contributed by atoms with Crippen molar-refractivity contribution in [1.29, 1.82) is 0 Å². The number of alkyl halides is 3. The standard InChI is InChI=1S/C32H49N5O4S.C2HF3O2/c1-21(23-13-15-24(16-14-23)28-22(2)34-20-42-28)35-30(40)26-18-25(38)19-37(26)31(41)29(32(3,4)5)36-27(39)12-10-8-6-7-9-11-17-33;3-2(4,5)1(6)7/h13-16,20-21,25-26,29,38H,6-12,17-19,33H2,1-5H3,(H,35,40)(H,36,39);(H,6,7). The summed E-state index contributed by atoms with van der Waals surface area (Å²) in [6.45, 7) is 10.3. The maximum Gasteiger partial charge on any atom is 0.490 e. The molecular formula is C34H50F3N5O6S. The normalized spacial score (nSPS) is 17.5. The highest BCUT2D eigenvalue weighted by molar-refractivity contribution is 7.13. The molecule has 0 aliphatic carbocycles. The van der Waals surface area contributed by atoms with Gasteiger partial charge in [-0.3, -0.25) is 14.4 Å². The summed E-state index contributed by atoms with van der Waals surface area (Å²) in [5.74, 6) is -3.58. The van der Waals surface area contributed by atoms with Crippen molar-refractivity contribution in [2.75, 3.05) is 13.1 Å². The second-order valence-corrected chi connectivity index (χ2v) is 14.2. The van der Waals surface area contributed by atoms with Crippen molar-refractivity contribution < 1.29 is 42.6 Å². The SMILES string of the molecule is Cc1ncsc1-c1ccc(C(C)NC(=O)C2CC(O)CN2C(=O)C(NC(=O)CCCCCCCCN)C(C)(C)C)cc1.O=C(O)C(F)(F)F. The Bertz CT molecular complexity index is 1380. The number of aliphatic carboxylic acids is 1. The van der Waals surface area contributed by atoms with E-state index in [1.54, 1.807) is 11.3 Å². The number of aryl methyl sites for hydroxylation is 1. The van der Waals surface area contributed by atoms with Crippen LogP contribution >= 0.6 is 11.3 Å². The number of benzene rings is 1. The average Bonchev–Trinajstić information content (AvgIpc) is 3.63. The van der Waals surface area contributed by atoms with Crippen molar-refractivity contribution in [1.82, 2.24) is 20.5 Å². The number of carboxylic acid groups (broad SMARTS) is 1. The van der Waals surface area contributed by atoms with Gasteiger partial charge in [0, 0.05) is 19.4 Å². The highest BCUT2D eigenvalue weighted by atomic mass is 32.1. The maximum atomic E-state index is 13.8. The number of aromatic nitrogens is 1. The van der Waals surface area contributed by atoms with Crippen LogP contribution in [0.5, 0.6) is 0 Å². The molecule has 1 fully saturated rings. The Kier molecular flexibility index (Phi) is 16.1. The highest BCUT2D eigenvalue weighted by Crippen LogP contribution is 2.29. The van der Waals surface area contributed by atoms with E-state index < -0.39 is 35.7 Å². The zero-order chi connectivity index (χ0) is 36.9. The van der Waals surface area contributed by atoms with Crippen molar-refractivity contribution in [3.8, 4) is 10.4 Å². The molecule has 0 spiro atoms. The first kappa shape index (κ1) is 41.6.